The third kappa shape index (κ3) is 5.38. The Balaban J connectivity index is 4.67. The highest BCUT2D eigenvalue weighted by Crippen LogP contribution is 2.10. The number of carboxylic acids is 1. The summed E-state index contributed by atoms with van der Waals surface area (Å²) < 4.78 is 0. The minimum Gasteiger partial charge on any atom is -0.480 e. The molecule has 1 N–H and O–H groups in total. The maximum atomic E-state index is 12.2. The minimum absolute atomic E-state index is 0.0621. The highest BCUT2D eigenvalue weighted by molar-refractivity contribution is 5.80. The molecule has 2 unspecified atom stereocenters. The van der Waals surface area contributed by atoms with Crippen LogP contribution in [0.15, 0.2) is 0 Å². The summed E-state index contributed by atoms with van der Waals surface area (Å²) in [6.45, 7) is 8.39. The molecule has 0 aliphatic rings. The van der Waals surface area contributed by atoms with Crippen LogP contribution in [-0.2, 0) is 4.79 Å². The third-order valence-electron chi connectivity index (χ3n) is 3.28. The molecule has 0 aromatic heterocycles. The van der Waals surface area contributed by atoms with Crippen molar-refractivity contribution in [1.29, 1.82) is 0 Å². The molecular weight excluding hydrogens is 232 g/mol. The number of hydrogen-bond acceptors (Lipinski definition) is 2. The number of carboxylic acid groups (broad SMARTS) is 1. The van der Waals surface area contributed by atoms with Crippen molar-refractivity contribution < 1.29 is 14.7 Å². The van der Waals surface area contributed by atoms with E-state index in [0.29, 0.717) is 12.5 Å². The second kappa shape index (κ2) is 7.95. The van der Waals surface area contributed by atoms with Gasteiger partial charge in [0, 0.05) is 19.6 Å². The van der Waals surface area contributed by atoms with Crippen LogP contribution in [0.2, 0.25) is 0 Å². The van der Waals surface area contributed by atoms with Crippen LogP contribution in [0.5, 0.6) is 0 Å². The Morgan fingerprint density at radius 1 is 1.17 bits per heavy atom. The molecule has 18 heavy (non-hydrogen) atoms. The lowest BCUT2D eigenvalue weighted by molar-refractivity contribution is -0.138. The average Bonchev–Trinajstić information content (AvgIpc) is 2.33. The van der Waals surface area contributed by atoms with E-state index in [1.54, 1.807) is 11.9 Å². The van der Waals surface area contributed by atoms with Crippen LogP contribution < -0.4 is 0 Å². The molecule has 0 heterocycles. The molecule has 5 heteroatoms. The van der Waals surface area contributed by atoms with Crippen LogP contribution in [0.1, 0.15) is 40.5 Å². The highest BCUT2D eigenvalue weighted by Gasteiger charge is 2.24. The summed E-state index contributed by atoms with van der Waals surface area (Å²) in [5.74, 6) is -0.553. The van der Waals surface area contributed by atoms with E-state index in [4.69, 9.17) is 5.11 Å². The molecule has 2 amide bonds. The number of amides is 2. The predicted octanol–water partition coefficient (Wildman–Crippen LogP) is 2.27. The molecule has 0 bridgehead atoms. The SMILES string of the molecule is CCC(C)CN(C)C(=O)N(CC(=O)O)C(C)CC. The van der Waals surface area contributed by atoms with Gasteiger partial charge in [-0.25, -0.2) is 4.79 Å². The topological polar surface area (TPSA) is 60.9 Å². The van der Waals surface area contributed by atoms with Gasteiger partial charge in [0.15, 0.2) is 0 Å². The van der Waals surface area contributed by atoms with E-state index >= 15 is 0 Å². The maximum absolute atomic E-state index is 12.2. The van der Waals surface area contributed by atoms with Crippen LogP contribution in [0.4, 0.5) is 4.79 Å². The highest BCUT2D eigenvalue weighted by atomic mass is 16.4. The van der Waals surface area contributed by atoms with Gasteiger partial charge in [0.2, 0.25) is 0 Å². The Labute approximate surface area is 110 Å². The molecule has 5 nitrogen and oxygen atoms in total. The molecule has 0 radical (unpaired) electrons. The summed E-state index contributed by atoms with van der Waals surface area (Å²) in [5.41, 5.74) is 0. The van der Waals surface area contributed by atoms with Gasteiger partial charge in [0.1, 0.15) is 6.54 Å². The molecule has 0 aliphatic heterocycles. The number of aliphatic carboxylic acids is 1. The second-order valence-electron chi connectivity index (χ2n) is 4.96. The Bertz CT molecular complexity index is 281. The van der Waals surface area contributed by atoms with Crippen molar-refractivity contribution in [2.75, 3.05) is 20.1 Å². The molecule has 106 valence electrons. The number of carbonyl (C=O) groups is 2. The normalized spacial score (nSPS) is 13.8. The van der Waals surface area contributed by atoms with Gasteiger partial charge >= 0.3 is 12.0 Å². The lowest BCUT2D eigenvalue weighted by atomic mass is 10.1. The lowest BCUT2D eigenvalue weighted by Crippen LogP contribution is -2.48. The van der Waals surface area contributed by atoms with Crippen molar-refractivity contribution >= 4 is 12.0 Å². The van der Waals surface area contributed by atoms with Gasteiger partial charge in [-0.3, -0.25) is 4.79 Å². The van der Waals surface area contributed by atoms with E-state index in [0.717, 1.165) is 12.8 Å². The first-order valence-corrected chi connectivity index (χ1v) is 6.56. The van der Waals surface area contributed by atoms with Gasteiger partial charge in [-0.15, -0.1) is 0 Å². The first-order chi connectivity index (χ1) is 8.33. The van der Waals surface area contributed by atoms with Crippen LogP contribution in [0.3, 0.4) is 0 Å². The van der Waals surface area contributed by atoms with Crippen molar-refractivity contribution in [3.05, 3.63) is 0 Å². The second-order valence-corrected chi connectivity index (χ2v) is 4.96. The van der Waals surface area contributed by atoms with Crippen molar-refractivity contribution in [2.45, 2.75) is 46.6 Å². The summed E-state index contributed by atoms with van der Waals surface area (Å²) in [4.78, 5) is 26.1. The summed E-state index contributed by atoms with van der Waals surface area (Å²) in [7, 11) is 1.73. The van der Waals surface area contributed by atoms with E-state index in [1.165, 1.54) is 4.90 Å². The molecule has 0 aliphatic carbocycles. The summed E-state index contributed by atoms with van der Waals surface area (Å²) in [6, 6.07) is -0.264. The monoisotopic (exact) mass is 258 g/mol. The van der Waals surface area contributed by atoms with E-state index in [9.17, 15) is 9.59 Å². The van der Waals surface area contributed by atoms with E-state index < -0.39 is 5.97 Å². The largest absolute Gasteiger partial charge is 0.480 e. The fourth-order valence-electron chi connectivity index (χ4n) is 1.67. The summed E-state index contributed by atoms with van der Waals surface area (Å²) in [6.07, 6.45) is 1.75. The van der Waals surface area contributed by atoms with Crippen LogP contribution in [-0.4, -0.2) is 53.1 Å². The molecule has 0 fully saturated rings. The Hall–Kier alpha value is -1.26. The standard InChI is InChI=1S/C13H26N2O3/c1-6-10(3)8-14(5)13(18)15(9-12(16)17)11(4)7-2/h10-11H,6-9H2,1-5H3,(H,16,17). The molecule has 0 aromatic carbocycles. The van der Waals surface area contributed by atoms with Crippen molar-refractivity contribution in [3.8, 4) is 0 Å². The Kier molecular flexibility index (Phi) is 7.39. The van der Waals surface area contributed by atoms with Crippen LogP contribution in [0.25, 0.3) is 0 Å². The van der Waals surface area contributed by atoms with Gasteiger partial charge in [0.25, 0.3) is 0 Å². The average molecular weight is 258 g/mol. The molecule has 0 spiro atoms. The summed E-state index contributed by atoms with van der Waals surface area (Å²) in [5, 5.41) is 8.87. The minimum atomic E-state index is -0.972. The fourth-order valence-corrected chi connectivity index (χ4v) is 1.67. The van der Waals surface area contributed by atoms with Gasteiger partial charge in [0.05, 0.1) is 0 Å². The molecule has 0 rings (SSSR count). The number of rotatable bonds is 7. The van der Waals surface area contributed by atoms with Crippen LogP contribution >= 0.6 is 0 Å². The quantitative estimate of drug-likeness (QED) is 0.762. The lowest BCUT2D eigenvalue weighted by Gasteiger charge is -2.32. The number of hydrogen-bond donors (Lipinski definition) is 1. The third-order valence-corrected chi connectivity index (χ3v) is 3.28. The zero-order valence-corrected chi connectivity index (χ0v) is 12.1. The zero-order valence-electron chi connectivity index (χ0n) is 12.1. The van der Waals surface area contributed by atoms with Crippen molar-refractivity contribution in [1.82, 2.24) is 9.80 Å². The van der Waals surface area contributed by atoms with E-state index in [-0.39, 0.29) is 18.6 Å². The van der Waals surface area contributed by atoms with Crippen molar-refractivity contribution in [2.24, 2.45) is 5.92 Å². The number of carbonyl (C=O) groups excluding carboxylic acids is 1. The predicted molar refractivity (Wildman–Crippen MR) is 71.6 cm³/mol. The Morgan fingerprint density at radius 2 is 1.72 bits per heavy atom. The molecular formula is C13H26N2O3. The zero-order chi connectivity index (χ0) is 14.3. The van der Waals surface area contributed by atoms with Crippen molar-refractivity contribution in [3.63, 3.8) is 0 Å². The van der Waals surface area contributed by atoms with E-state index in [1.807, 2.05) is 13.8 Å². The first kappa shape index (κ1) is 16.7. The molecule has 0 saturated carbocycles. The summed E-state index contributed by atoms with van der Waals surface area (Å²) >= 11 is 0. The van der Waals surface area contributed by atoms with Gasteiger partial charge < -0.3 is 14.9 Å². The molecule has 2 atom stereocenters. The van der Waals surface area contributed by atoms with Crippen LogP contribution in [0, 0.1) is 5.92 Å². The van der Waals surface area contributed by atoms with E-state index in [2.05, 4.69) is 13.8 Å². The maximum Gasteiger partial charge on any atom is 0.323 e. The first-order valence-electron chi connectivity index (χ1n) is 6.56. The fraction of sp³-hybridized carbons (Fsp3) is 0.846. The number of nitrogens with zero attached hydrogens (tertiary/aromatic N) is 2. The van der Waals surface area contributed by atoms with Gasteiger partial charge in [-0.1, -0.05) is 27.2 Å². The Morgan fingerprint density at radius 3 is 2.11 bits per heavy atom. The molecule has 0 saturated heterocycles. The van der Waals surface area contributed by atoms with Gasteiger partial charge in [-0.05, 0) is 19.3 Å². The smallest absolute Gasteiger partial charge is 0.323 e. The molecule has 0 aromatic rings. The van der Waals surface area contributed by atoms with Gasteiger partial charge in [-0.2, -0.15) is 0 Å². The number of urea groups is 1.